The van der Waals surface area contributed by atoms with E-state index in [4.69, 9.17) is 19.4 Å². The van der Waals surface area contributed by atoms with Crippen LogP contribution in [0.5, 0.6) is 0 Å². The molecule has 1 aromatic carbocycles. The van der Waals surface area contributed by atoms with E-state index in [1.165, 1.54) is 6.26 Å². The van der Waals surface area contributed by atoms with E-state index >= 15 is 0 Å². The second-order valence-electron chi connectivity index (χ2n) is 11.0. The summed E-state index contributed by atoms with van der Waals surface area (Å²) in [7, 11) is -3.16. The van der Waals surface area contributed by atoms with Crippen molar-refractivity contribution in [1.82, 2.24) is 29.0 Å². The SMILES string of the molecule is CS(=O)(=O)N1CCN(Cc2csc3c(-c4ccc5cnn(C6CCCCO6)c5c4)nc(N4CCOCC4)nc23)CC1. The van der Waals surface area contributed by atoms with Gasteiger partial charge in [0, 0.05) is 68.9 Å². The summed E-state index contributed by atoms with van der Waals surface area (Å²) in [5, 5.41) is 7.96. The molecule has 0 bridgehead atoms. The van der Waals surface area contributed by atoms with Crippen molar-refractivity contribution in [2.24, 2.45) is 0 Å². The Morgan fingerprint density at radius 2 is 1.85 bits per heavy atom. The fourth-order valence-corrected chi connectivity index (χ4v) is 7.79. The number of hydrogen-bond donors (Lipinski definition) is 0. The van der Waals surface area contributed by atoms with Crippen LogP contribution in [0, 0.1) is 0 Å². The number of anilines is 1. The number of benzene rings is 1. The van der Waals surface area contributed by atoms with Crippen molar-refractivity contribution in [1.29, 1.82) is 0 Å². The Morgan fingerprint density at radius 3 is 2.61 bits per heavy atom. The number of aromatic nitrogens is 4. The third-order valence-corrected chi connectivity index (χ3v) is 10.6. The minimum Gasteiger partial charge on any atom is -0.378 e. The van der Waals surface area contributed by atoms with Crippen LogP contribution in [-0.4, -0.2) is 103 Å². The van der Waals surface area contributed by atoms with Crippen molar-refractivity contribution in [2.75, 3.05) is 70.2 Å². The molecule has 0 saturated carbocycles. The van der Waals surface area contributed by atoms with E-state index in [-0.39, 0.29) is 6.23 Å². The smallest absolute Gasteiger partial charge is 0.226 e. The van der Waals surface area contributed by atoms with E-state index in [1.807, 2.05) is 10.9 Å². The van der Waals surface area contributed by atoms with E-state index in [1.54, 1.807) is 15.6 Å². The summed E-state index contributed by atoms with van der Waals surface area (Å²) in [4.78, 5) is 14.8. The molecule has 0 aliphatic carbocycles. The maximum atomic E-state index is 12.0. The Hall–Kier alpha value is -2.68. The summed E-state index contributed by atoms with van der Waals surface area (Å²) in [6, 6.07) is 6.44. The van der Waals surface area contributed by atoms with Gasteiger partial charge in [-0.2, -0.15) is 9.40 Å². The first kappa shape index (κ1) is 27.2. The average molecular weight is 598 g/mol. The molecule has 41 heavy (non-hydrogen) atoms. The number of hydrogen-bond acceptors (Lipinski definition) is 10. The topological polar surface area (TPSA) is 106 Å². The van der Waals surface area contributed by atoms with E-state index in [0.29, 0.717) is 39.4 Å². The van der Waals surface area contributed by atoms with Crippen LogP contribution in [0.4, 0.5) is 5.95 Å². The zero-order valence-electron chi connectivity index (χ0n) is 23.2. The Kier molecular flexibility index (Phi) is 7.42. The predicted octanol–water partition coefficient (Wildman–Crippen LogP) is 3.32. The lowest BCUT2D eigenvalue weighted by atomic mass is 10.1. The summed E-state index contributed by atoms with van der Waals surface area (Å²) in [6.45, 7) is 6.73. The van der Waals surface area contributed by atoms with Gasteiger partial charge < -0.3 is 14.4 Å². The molecule has 0 N–H and O–H groups in total. The number of thiophene rings is 1. The lowest BCUT2D eigenvalue weighted by Crippen LogP contribution is -2.47. The van der Waals surface area contributed by atoms with Gasteiger partial charge in [-0.15, -0.1) is 11.3 Å². The van der Waals surface area contributed by atoms with Crippen molar-refractivity contribution in [3.05, 3.63) is 35.3 Å². The minimum absolute atomic E-state index is 0.0395. The van der Waals surface area contributed by atoms with Crippen LogP contribution in [0.25, 0.3) is 32.4 Å². The fourth-order valence-electron chi connectivity index (χ4n) is 5.96. The monoisotopic (exact) mass is 597 g/mol. The molecule has 3 aromatic heterocycles. The molecule has 11 nitrogen and oxygen atoms in total. The first-order valence-corrected chi connectivity index (χ1v) is 17.0. The molecule has 7 rings (SSSR count). The first-order valence-electron chi connectivity index (χ1n) is 14.3. The van der Waals surface area contributed by atoms with E-state index < -0.39 is 10.0 Å². The second kappa shape index (κ2) is 11.2. The number of rotatable bonds is 6. The quantitative estimate of drug-likeness (QED) is 0.331. The second-order valence-corrected chi connectivity index (χ2v) is 13.9. The number of sulfonamides is 1. The zero-order chi connectivity index (χ0) is 28.0. The fraction of sp³-hybridized carbons (Fsp3) is 0.536. The van der Waals surface area contributed by atoms with Gasteiger partial charge in [0.1, 0.15) is 0 Å². The first-order chi connectivity index (χ1) is 19.9. The molecule has 0 radical (unpaired) electrons. The van der Waals surface area contributed by atoms with Gasteiger partial charge in [0.15, 0.2) is 6.23 Å². The highest BCUT2D eigenvalue weighted by Crippen LogP contribution is 2.37. The molecule has 0 spiro atoms. The number of ether oxygens (including phenoxy) is 2. The number of piperazine rings is 1. The van der Waals surface area contributed by atoms with Gasteiger partial charge in [-0.3, -0.25) is 4.90 Å². The normalized spacial score (nSPS) is 21.7. The van der Waals surface area contributed by atoms with Crippen LogP contribution >= 0.6 is 11.3 Å². The molecule has 13 heteroatoms. The molecule has 3 aliphatic rings. The van der Waals surface area contributed by atoms with Crippen LogP contribution in [0.15, 0.2) is 29.8 Å². The molecule has 1 unspecified atom stereocenters. The molecule has 6 heterocycles. The number of nitrogens with zero attached hydrogens (tertiary/aromatic N) is 7. The Morgan fingerprint density at radius 1 is 1.02 bits per heavy atom. The highest BCUT2D eigenvalue weighted by Gasteiger charge is 2.26. The molecule has 3 aliphatic heterocycles. The van der Waals surface area contributed by atoms with Crippen molar-refractivity contribution < 1.29 is 17.9 Å². The van der Waals surface area contributed by atoms with Gasteiger partial charge in [-0.25, -0.2) is 23.1 Å². The van der Waals surface area contributed by atoms with Crippen LogP contribution in [-0.2, 0) is 26.0 Å². The lowest BCUT2D eigenvalue weighted by Gasteiger charge is -2.33. The summed E-state index contributed by atoms with van der Waals surface area (Å²) >= 11 is 1.68. The highest BCUT2D eigenvalue weighted by atomic mass is 32.2. The van der Waals surface area contributed by atoms with Gasteiger partial charge >= 0.3 is 0 Å². The van der Waals surface area contributed by atoms with Crippen molar-refractivity contribution in [3.8, 4) is 11.3 Å². The third-order valence-electron chi connectivity index (χ3n) is 8.27. The largest absolute Gasteiger partial charge is 0.378 e. The molecule has 218 valence electrons. The summed E-state index contributed by atoms with van der Waals surface area (Å²) in [5.41, 5.74) is 5.13. The highest BCUT2D eigenvalue weighted by molar-refractivity contribution is 7.88. The summed E-state index contributed by atoms with van der Waals surface area (Å²) in [6.07, 6.45) is 6.36. The van der Waals surface area contributed by atoms with E-state index in [2.05, 4.69) is 38.5 Å². The standard InChI is InChI=1S/C28H35N7O4S2/c1-41(36,37)34-9-7-32(8-10-34)18-22-19-40-27-25(30-28(31-26(22)27)33-11-14-38-15-12-33)20-5-6-21-17-29-35(23(21)16-20)24-4-2-3-13-39-24/h5-6,16-17,19,24H,2-4,7-15,18H2,1H3. The molecule has 0 amide bonds. The van der Waals surface area contributed by atoms with E-state index in [9.17, 15) is 8.42 Å². The maximum absolute atomic E-state index is 12.0. The molecular weight excluding hydrogens is 562 g/mol. The third kappa shape index (κ3) is 5.46. The van der Waals surface area contributed by atoms with Gasteiger partial charge in [0.05, 0.1) is 47.1 Å². The van der Waals surface area contributed by atoms with Gasteiger partial charge in [-0.05, 0) is 30.7 Å². The molecule has 1 atom stereocenters. The Labute approximate surface area is 243 Å². The molecular formula is C28H35N7O4S2. The van der Waals surface area contributed by atoms with Crippen LogP contribution in [0.1, 0.15) is 31.1 Å². The minimum atomic E-state index is -3.16. The van der Waals surface area contributed by atoms with Crippen LogP contribution in [0.3, 0.4) is 0 Å². The van der Waals surface area contributed by atoms with Gasteiger partial charge in [0.25, 0.3) is 0 Å². The number of morpholine rings is 1. The summed E-state index contributed by atoms with van der Waals surface area (Å²) in [5.74, 6) is 0.724. The predicted molar refractivity (Wildman–Crippen MR) is 160 cm³/mol. The van der Waals surface area contributed by atoms with Gasteiger partial charge in [0.2, 0.25) is 16.0 Å². The van der Waals surface area contributed by atoms with Crippen molar-refractivity contribution in [3.63, 3.8) is 0 Å². The molecule has 4 aromatic rings. The van der Waals surface area contributed by atoms with Crippen LogP contribution in [0.2, 0.25) is 0 Å². The van der Waals surface area contributed by atoms with Crippen molar-refractivity contribution in [2.45, 2.75) is 32.0 Å². The average Bonchev–Trinajstić information content (AvgIpc) is 3.61. The summed E-state index contributed by atoms with van der Waals surface area (Å²) < 4.78 is 40.3. The maximum Gasteiger partial charge on any atom is 0.226 e. The molecule has 3 fully saturated rings. The number of fused-ring (bicyclic) bond motifs is 2. The van der Waals surface area contributed by atoms with Crippen molar-refractivity contribution >= 4 is 48.4 Å². The zero-order valence-corrected chi connectivity index (χ0v) is 24.9. The lowest BCUT2D eigenvalue weighted by molar-refractivity contribution is -0.0366. The van der Waals surface area contributed by atoms with Gasteiger partial charge in [-0.1, -0.05) is 12.1 Å². The molecule has 3 saturated heterocycles. The van der Waals surface area contributed by atoms with E-state index in [0.717, 1.165) is 89.4 Å². The Bertz CT molecular complexity index is 1650. The van der Waals surface area contributed by atoms with Crippen LogP contribution < -0.4 is 4.90 Å². The Balaban J connectivity index is 1.26.